The first kappa shape index (κ1) is 18.9. The van der Waals surface area contributed by atoms with Crippen molar-refractivity contribution in [2.24, 2.45) is 16.7 Å². The summed E-state index contributed by atoms with van der Waals surface area (Å²) in [5.74, 6) is 1.40. The van der Waals surface area contributed by atoms with Crippen molar-refractivity contribution < 1.29 is 9.90 Å². The monoisotopic (exact) mass is 402 g/mol. The van der Waals surface area contributed by atoms with E-state index in [4.69, 9.17) is 11.6 Å². The predicted molar refractivity (Wildman–Crippen MR) is 110 cm³/mol. The van der Waals surface area contributed by atoms with Gasteiger partial charge in [-0.25, -0.2) is 0 Å². The fourth-order valence-corrected chi connectivity index (χ4v) is 7.98. The van der Waals surface area contributed by atoms with Gasteiger partial charge in [0.25, 0.3) is 0 Å². The van der Waals surface area contributed by atoms with Crippen LogP contribution in [0.25, 0.3) is 0 Å². The number of hydrogen-bond donors (Lipinski definition) is 3. The lowest BCUT2D eigenvalue weighted by Crippen LogP contribution is -2.57. The number of β-amino-alcohol motifs (C(OH)–C–C–N with tert-alkyl or cyclic N) is 1. The molecule has 3 N–H and O–H groups in total. The summed E-state index contributed by atoms with van der Waals surface area (Å²) in [6.07, 6.45) is 6.55. The average molecular weight is 403 g/mol. The van der Waals surface area contributed by atoms with Gasteiger partial charge in [0, 0.05) is 12.4 Å². The van der Waals surface area contributed by atoms with Crippen LogP contribution in [0.4, 0.5) is 0 Å². The van der Waals surface area contributed by atoms with Crippen LogP contribution < -0.4 is 10.6 Å². The summed E-state index contributed by atoms with van der Waals surface area (Å²) in [5.41, 5.74) is 1.19. The zero-order valence-corrected chi connectivity index (χ0v) is 17.2. The van der Waals surface area contributed by atoms with Gasteiger partial charge in [0.1, 0.15) is 0 Å². The van der Waals surface area contributed by atoms with E-state index in [-0.39, 0.29) is 28.2 Å². The topological polar surface area (TPSA) is 61.4 Å². The van der Waals surface area contributed by atoms with Gasteiger partial charge in [-0.1, -0.05) is 30.3 Å². The highest BCUT2D eigenvalue weighted by Crippen LogP contribution is 2.77. The molecule has 4 bridgehead atoms. The van der Waals surface area contributed by atoms with Crippen LogP contribution in [0, 0.1) is 16.7 Å². The van der Waals surface area contributed by atoms with Crippen LogP contribution >= 0.6 is 11.6 Å². The fraction of sp³-hybridized carbons (Fsp3) is 0.696. The molecule has 28 heavy (non-hydrogen) atoms. The minimum Gasteiger partial charge on any atom is -0.390 e. The number of carbonyl (C=O) groups is 1. The molecule has 1 amide bonds. The molecule has 2 unspecified atom stereocenters. The number of amides is 1. The quantitative estimate of drug-likeness (QED) is 0.663. The average Bonchev–Trinajstić information content (AvgIpc) is 3.03. The van der Waals surface area contributed by atoms with E-state index in [9.17, 15) is 9.90 Å². The van der Waals surface area contributed by atoms with Gasteiger partial charge in [0.2, 0.25) is 5.91 Å². The van der Waals surface area contributed by atoms with E-state index in [1.54, 1.807) is 0 Å². The number of benzene rings is 1. The Morgan fingerprint density at radius 2 is 2.04 bits per heavy atom. The van der Waals surface area contributed by atoms with Gasteiger partial charge in [0.05, 0.1) is 17.6 Å². The third-order valence-electron chi connectivity index (χ3n) is 8.49. The molecule has 1 aromatic carbocycles. The van der Waals surface area contributed by atoms with Gasteiger partial charge in [-0.05, 0) is 73.8 Å². The second kappa shape index (κ2) is 6.72. The van der Waals surface area contributed by atoms with Crippen molar-refractivity contribution in [2.45, 2.75) is 62.5 Å². The Balaban J connectivity index is 1.49. The van der Waals surface area contributed by atoms with Crippen LogP contribution in [-0.2, 0) is 10.2 Å². The third kappa shape index (κ3) is 2.60. The van der Waals surface area contributed by atoms with Gasteiger partial charge in [-0.2, -0.15) is 0 Å². The predicted octanol–water partition coefficient (Wildman–Crippen LogP) is 2.97. The Kier molecular flexibility index (Phi) is 4.53. The summed E-state index contributed by atoms with van der Waals surface area (Å²) in [7, 11) is 0. The van der Waals surface area contributed by atoms with E-state index in [0.717, 1.165) is 45.1 Å². The molecule has 4 nitrogen and oxygen atoms in total. The molecule has 4 saturated carbocycles. The van der Waals surface area contributed by atoms with E-state index in [0.29, 0.717) is 18.3 Å². The molecule has 4 aliphatic carbocycles. The summed E-state index contributed by atoms with van der Waals surface area (Å²) in [5, 5.41) is 16.9. The first-order valence-corrected chi connectivity index (χ1v) is 11.4. The second-order valence-corrected chi connectivity index (χ2v) is 10.3. The lowest BCUT2D eigenvalue weighted by molar-refractivity contribution is -0.138. The molecule has 0 aromatic heterocycles. The number of halogens is 1. The van der Waals surface area contributed by atoms with Crippen molar-refractivity contribution >= 4 is 17.5 Å². The Morgan fingerprint density at radius 3 is 2.79 bits per heavy atom. The van der Waals surface area contributed by atoms with Gasteiger partial charge in [-0.3, -0.25) is 4.79 Å². The maximum atomic E-state index is 13.8. The molecule has 0 spiro atoms. The van der Waals surface area contributed by atoms with Crippen molar-refractivity contribution in [3.05, 3.63) is 35.9 Å². The van der Waals surface area contributed by atoms with Crippen LogP contribution in [0.2, 0.25) is 0 Å². The van der Waals surface area contributed by atoms with Gasteiger partial charge in [0.15, 0.2) is 0 Å². The number of aliphatic hydroxyl groups excluding tert-OH is 1. The zero-order valence-electron chi connectivity index (χ0n) is 16.4. The van der Waals surface area contributed by atoms with Crippen molar-refractivity contribution in [1.29, 1.82) is 0 Å². The third-order valence-corrected chi connectivity index (χ3v) is 8.68. The van der Waals surface area contributed by atoms with Crippen LogP contribution in [0.15, 0.2) is 30.3 Å². The van der Waals surface area contributed by atoms with E-state index in [2.05, 4.69) is 41.0 Å². The summed E-state index contributed by atoms with van der Waals surface area (Å²) in [6.45, 7) is 1.40. The number of hydrogen-bond acceptors (Lipinski definition) is 3. The molecular formula is C23H31ClN2O2. The van der Waals surface area contributed by atoms with Crippen LogP contribution in [-0.4, -0.2) is 42.1 Å². The Morgan fingerprint density at radius 1 is 1.21 bits per heavy atom. The summed E-state index contributed by atoms with van der Waals surface area (Å²) >= 11 is 6.30. The smallest absolute Gasteiger partial charge is 0.227 e. The normalized spacial score (nSPS) is 44.0. The van der Waals surface area contributed by atoms with E-state index < -0.39 is 6.10 Å². The Labute approximate surface area is 172 Å². The Bertz CT molecular complexity index is 758. The summed E-state index contributed by atoms with van der Waals surface area (Å²) < 4.78 is 0. The Hall–Kier alpha value is -1.10. The van der Waals surface area contributed by atoms with Crippen molar-refractivity contribution in [2.75, 3.05) is 19.0 Å². The highest BCUT2D eigenvalue weighted by Gasteiger charge is 2.74. The molecule has 1 aromatic rings. The minimum atomic E-state index is -0.503. The number of carbonyl (C=O) groups excluding carboxylic acids is 1. The molecule has 0 radical (unpaired) electrons. The van der Waals surface area contributed by atoms with Crippen LogP contribution in [0.1, 0.15) is 50.5 Å². The number of aliphatic hydroxyl groups is 1. The molecule has 5 heteroatoms. The lowest BCUT2D eigenvalue weighted by Gasteiger charge is -2.41. The molecule has 1 aliphatic heterocycles. The summed E-state index contributed by atoms with van der Waals surface area (Å²) in [4.78, 5) is 13.8. The molecule has 1 heterocycles. The van der Waals surface area contributed by atoms with Gasteiger partial charge >= 0.3 is 0 Å². The fourth-order valence-electron chi connectivity index (χ4n) is 7.61. The molecule has 6 atom stereocenters. The number of rotatable bonds is 5. The van der Waals surface area contributed by atoms with Crippen molar-refractivity contribution in [3.8, 4) is 0 Å². The van der Waals surface area contributed by atoms with Gasteiger partial charge in [-0.15, -0.1) is 11.6 Å². The number of alkyl halides is 1. The van der Waals surface area contributed by atoms with Crippen molar-refractivity contribution in [1.82, 2.24) is 10.6 Å². The number of nitrogens with one attached hydrogen (secondary N) is 2. The summed E-state index contributed by atoms with van der Waals surface area (Å²) in [6, 6.07) is 10.7. The SMILES string of the molecule is O=C(N[C@@H]1CCNC[C@H]1O)C12CC3C[C@](c4ccccc4)(C1)C[C@@]2(CCCl)C3. The maximum absolute atomic E-state index is 13.8. The van der Waals surface area contributed by atoms with Gasteiger partial charge < -0.3 is 15.7 Å². The molecule has 6 rings (SSSR count). The standard InChI is InChI=1S/C23H31ClN2O2/c24-8-7-22-11-16-10-21(14-22,17-4-2-1-3-5-17)15-23(22,12-16)20(28)26-18-6-9-25-13-19(18)27/h1-5,16,18-19,25,27H,6-15H2,(H,26,28)/t16?,18-,19-,21-,22-,23?/m1/s1. The number of piperidine rings is 1. The molecule has 1 saturated heterocycles. The van der Waals surface area contributed by atoms with Crippen LogP contribution in [0.5, 0.6) is 0 Å². The molecular weight excluding hydrogens is 372 g/mol. The van der Waals surface area contributed by atoms with Crippen LogP contribution in [0.3, 0.4) is 0 Å². The second-order valence-electron chi connectivity index (χ2n) is 9.92. The highest BCUT2D eigenvalue weighted by molar-refractivity contribution is 6.17. The van der Waals surface area contributed by atoms with E-state index in [1.165, 1.54) is 12.0 Å². The molecule has 152 valence electrons. The first-order chi connectivity index (χ1) is 13.5. The van der Waals surface area contributed by atoms with E-state index >= 15 is 0 Å². The molecule has 5 fully saturated rings. The zero-order chi connectivity index (χ0) is 19.4. The maximum Gasteiger partial charge on any atom is 0.227 e. The van der Waals surface area contributed by atoms with Crippen molar-refractivity contribution in [3.63, 3.8) is 0 Å². The minimum absolute atomic E-state index is 0.00939. The molecule has 5 aliphatic rings. The van der Waals surface area contributed by atoms with E-state index in [1.807, 2.05) is 0 Å². The highest BCUT2D eigenvalue weighted by atomic mass is 35.5. The lowest BCUT2D eigenvalue weighted by atomic mass is 9.63. The first-order valence-electron chi connectivity index (χ1n) is 10.8. The largest absolute Gasteiger partial charge is 0.390 e.